The zero-order valence-corrected chi connectivity index (χ0v) is 8.09. The maximum Gasteiger partial charge on any atom is 0.349 e. The van der Waals surface area contributed by atoms with Crippen molar-refractivity contribution in [2.24, 2.45) is 0 Å². The minimum absolute atomic E-state index is 0.431. The Morgan fingerprint density at radius 1 is 1.58 bits per heavy atom. The van der Waals surface area contributed by atoms with Gasteiger partial charge in [0.15, 0.2) is 16.3 Å². The SMILES string of the molecule is Cc1ccc(N)cc1C(=O)OBr. The highest BCUT2D eigenvalue weighted by Crippen LogP contribution is 2.14. The summed E-state index contributed by atoms with van der Waals surface area (Å²) >= 11 is 2.62. The molecule has 0 fully saturated rings. The molecule has 3 nitrogen and oxygen atoms in total. The van der Waals surface area contributed by atoms with E-state index < -0.39 is 5.97 Å². The molecule has 0 aliphatic carbocycles. The van der Waals surface area contributed by atoms with Gasteiger partial charge in [0.1, 0.15) is 0 Å². The van der Waals surface area contributed by atoms with Crippen LogP contribution in [0.4, 0.5) is 5.69 Å². The van der Waals surface area contributed by atoms with Gasteiger partial charge in [-0.3, -0.25) is 0 Å². The van der Waals surface area contributed by atoms with Crippen molar-refractivity contribution in [3.8, 4) is 0 Å². The molecule has 4 heteroatoms. The number of nitrogen functional groups attached to an aromatic ring is 1. The van der Waals surface area contributed by atoms with E-state index in [1.165, 1.54) is 0 Å². The fourth-order valence-corrected chi connectivity index (χ4v) is 1.08. The molecule has 0 saturated carbocycles. The number of hydrogen-bond donors (Lipinski definition) is 1. The first-order chi connectivity index (χ1) is 5.65. The van der Waals surface area contributed by atoms with Crippen LogP contribution in [0.25, 0.3) is 0 Å². The highest BCUT2D eigenvalue weighted by Gasteiger charge is 2.09. The average Bonchev–Trinajstić information content (AvgIpc) is 2.08. The maximum atomic E-state index is 11.1. The van der Waals surface area contributed by atoms with Crippen LogP contribution in [0.15, 0.2) is 18.2 Å². The van der Waals surface area contributed by atoms with E-state index in [-0.39, 0.29) is 0 Å². The van der Waals surface area contributed by atoms with Crippen molar-refractivity contribution in [3.63, 3.8) is 0 Å². The summed E-state index contributed by atoms with van der Waals surface area (Å²) in [5.74, 6) is -0.431. The monoisotopic (exact) mass is 229 g/mol. The van der Waals surface area contributed by atoms with Crippen molar-refractivity contribution < 1.29 is 8.62 Å². The molecule has 2 N–H and O–H groups in total. The van der Waals surface area contributed by atoms with Gasteiger partial charge < -0.3 is 9.56 Å². The quantitative estimate of drug-likeness (QED) is 0.751. The summed E-state index contributed by atoms with van der Waals surface area (Å²) in [5.41, 5.74) is 7.37. The second-order valence-corrected chi connectivity index (χ2v) is 2.76. The Labute approximate surface area is 79.0 Å². The maximum absolute atomic E-state index is 11.1. The number of hydrogen-bond acceptors (Lipinski definition) is 3. The zero-order chi connectivity index (χ0) is 9.14. The number of halogens is 1. The first-order valence-corrected chi connectivity index (χ1v) is 3.99. The van der Waals surface area contributed by atoms with Crippen molar-refractivity contribution in [2.45, 2.75) is 6.92 Å². The molecule has 0 atom stereocenters. The number of rotatable bonds is 1. The Morgan fingerprint density at radius 2 is 2.25 bits per heavy atom. The first-order valence-electron chi connectivity index (χ1n) is 3.34. The zero-order valence-electron chi connectivity index (χ0n) is 6.50. The van der Waals surface area contributed by atoms with Crippen LogP contribution in [-0.2, 0) is 3.83 Å². The summed E-state index contributed by atoms with van der Waals surface area (Å²) < 4.78 is 4.39. The molecule has 12 heavy (non-hydrogen) atoms. The van der Waals surface area contributed by atoms with Crippen LogP contribution >= 0.6 is 16.3 Å². The standard InChI is InChI=1S/C8H8BrNO2/c1-5-2-3-6(10)4-7(5)8(11)12-9/h2-4H,10H2,1H3. The van der Waals surface area contributed by atoms with E-state index in [0.717, 1.165) is 5.56 Å². The topological polar surface area (TPSA) is 52.3 Å². The van der Waals surface area contributed by atoms with Crippen LogP contribution in [0.5, 0.6) is 0 Å². The van der Waals surface area contributed by atoms with Crippen LogP contribution in [0.2, 0.25) is 0 Å². The number of aryl methyl sites for hydroxylation is 1. The molecule has 1 aromatic rings. The van der Waals surface area contributed by atoms with E-state index in [1.54, 1.807) is 18.2 Å². The molecule has 0 aromatic heterocycles. The lowest BCUT2D eigenvalue weighted by Gasteiger charge is -2.02. The van der Waals surface area contributed by atoms with Gasteiger partial charge in [0.2, 0.25) is 0 Å². The summed E-state index contributed by atoms with van der Waals surface area (Å²) in [5, 5.41) is 0. The molecule has 0 aliphatic heterocycles. The second kappa shape index (κ2) is 3.58. The Kier molecular flexibility index (Phi) is 2.70. The first kappa shape index (κ1) is 9.06. The average molecular weight is 230 g/mol. The van der Waals surface area contributed by atoms with Crippen LogP contribution < -0.4 is 5.73 Å². The van der Waals surface area contributed by atoms with E-state index in [1.807, 2.05) is 6.92 Å². The summed E-state index contributed by atoms with van der Waals surface area (Å²) in [6.07, 6.45) is 0. The number of nitrogens with two attached hydrogens (primary N) is 1. The molecule has 0 saturated heterocycles. The lowest BCUT2D eigenvalue weighted by Crippen LogP contribution is -2.01. The minimum atomic E-state index is -0.431. The fraction of sp³-hybridized carbons (Fsp3) is 0.125. The number of carbonyl (C=O) groups is 1. The van der Waals surface area contributed by atoms with Crippen LogP contribution in [0, 0.1) is 6.92 Å². The van der Waals surface area contributed by atoms with Gasteiger partial charge in [-0.2, -0.15) is 0 Å². The molecular formula is C8H8BrNO2. The van der Waals surface area contributed by atoms with Crippen molar-refractivity contribution in [2.75, 3.05) is 5.73 Å². The highest BCUT2D eigenvalue weighted by molar-refractivity contribution is 9.06. The lowest BCUT2D eigenvalue weighted by atomic mass is 10.1. The van der Waals surface area contributed by atoms with Crippen molar-refractivity contribution >= 4 is 27.9 Å². The van der Waals surface area contributed by atoms with Gasteiger partial charge in [-0.25, -0.2) is 4.79 Å². The largest absolute Gasteiger partial charge is 0.399 e. The molecule has 1 aromatic carbocycles. The Hall–Kier alpha value is -1.03. The van der Waals surface area contributed by atoms with Gasteiger partial charge in [-0.15, -0.1) is 0 Å². The lowest BCUT2D eigenvalue weighted by molar-refractivity contribution is 0.0781. The Balaban J connectivity index is 3.13. The Bertz CT molecular complexity index is 312. The minimum Gasteiger partial charge on any atom is -0.399 e. The van der Waals surface area contributed by atoms with Gasteiger partial charge in [0.05, 0.1) is 5.56 Å². The van der Waals surface area contributed by atoms with Crippen molar-refractivity contribution in [3.05, 3.63) is 29.3 Å². The molecule has 0 spiro atoms. The predicted molar refractivity (Wildman–Crippen MR) is 49.9 cm³/mol. The van der Waals surface area contributed by atoms with Gasteiger partial charge in [-0.1, -0.05) is 6.07 Å². The van der Waals surface area contributed by atoms with E-state index in [2.05, 4.69) is 20.1 Å². The molecule has 1 rings (SSSR count). The fourth-order valence-electron chi connectivity index (χ4n) is 0.901. The van der Waals surface area contributed by atoms with Gasteiger partial charge in [-0.05, 0) is 24.6 Å². The van der Waals surface area contributed by atoms with E-state index >= 15 is 0 Å². The molecular weight excluding hydrogens is 222 g/mol. The van der Waals surface area contributed by atoms with E-state index in [9.17, 15) is 4.79 Å². The molecule has 0 radical (unpaired) electrons. The predicted octanol–water partition coefficient (Wildman–Crippen LogP) is 2.04. The summed E-state index contributed by atoms with van der Waals surface area (Å²) in [6, 6.07) is 5.09. The van der Waals surface area contributed by atoms with Gasteiger partial charge in [0, 0.05) is 5.69 Å². The number of carbonyl (C=O) groups excluding carboxylic acids is 1. The normalized spacial score (nSPS) is 9.50. The molecule has 0 amide bonds. The van der Waals surface area contributed by atoms with Crippen molar-refractivity contribution in [1.82, 2.24) is 0 Å². The third-order valence-corrected chi connectivity index (χ3v) is 1.85. The smallest absolute Gasteiger partial charge is 0.349 e. The molecule has 64 valence electrons. The third kappa shape index (κ3) is 1.76. The molecule has 0 aliphatic rings. The van der Waals surface area contributed by atoms with Crippen LogP contribution in [0.1, 0.15) is 15.9 Å². The second-order valence-electron chi connectivity index (χ2n) is 2.44. The Morgan fingerprint density at radius 3 is 2.83 bits per heavy atom. The van der Waals surface area contributed by atoms with Crippen LogP contribution in [0.3, 0.4) is 0 Å². The molecule has 0 heterocycles. The van der Waals surface area contributed by atoms with E-state index in [4.69, 9.17) is 5.73 Å². The van der Waals surface area contributed by atoms with Gasteiger partial charge >= 0.3 is 5.97 Å². The van der Waals surface area contributed by atoms with Crippen LogP contribution in [-0.4, -0.2) is 5.97 Å². The molecule has 0 unspecified atom stereocenters. The van der Waals surface area contributed by atoms with Gasteiger partial charge in [0.25, 0.3) is 0 Å². The summed E-state index contributed by atoms with van der Waals surface area (Å²) in [7, 11) is 0. The number of anilines is 1. The molecule has 0 bridgehead atoms. The number of benzene rings is 1. The highest BCUT2D eigenvalue weighted by atomic mass is 79.9. The van der Waals surface area contributed by atoms with Crippen molar-refractivity contribution in [1.29, 1.82) is 0 Å². The summed E-state index contributed by atoms with van der Waals surface area (Å²) in [6.45, 7) is 1.82. The summed E-state index contributed by atoms with van der Waals surface area (Å²) in [4.78, 5) is 11.1. The van der Waals surface area contributed by atoms with E-state index in [0.29, 0.717) is 11.3 Å². The third-order valence-electron chi connectivity index (χ3n) is 1.55.